The van der Waals surface area contributed by atoms with Crippen LogP contribution < -0.4 is 0 Å². The monoisotopic (exact) mass is 408 g/mol. The number of hydrogen-bond donors (Lipinski definition) is 0. The Labute approximate surface area is 173 Å². The molecule has 4 nitrogen and oxygen atoms in total. The molecule has 1 aliphatic carbocycles. The Morgan fingerprint density at radius 2 is 1.69 bits per heavy atom. The summed E-state index contributed by atoms with van der Waals surface area (Å²) in [5.41, 5.74) is 6.42. The molecule has 0 unspecified atom stereocenters. The quantitative estimate of drug-likeness (QED) is 0.753. The van der Waals surface area contributed by atoms with Crippen LogP contribution in [0.1, 0.15) is 42.4 Å². The first-order chi connectivity index (χ1) is 14.0. The summed E-state index contributed by atoms with van der Waals surface area (Å²) in [7, 11) is -3.03. The van der Waals surface area contributed by atoms with Gasteiger partial charge in [-0.05, 0) is 67.0 Å². The average Bonchev–Trinajstić information content (AvgIpc) is 3.59. The third kappa shape index (κ3) is 3.74. The Balaban J connectivity index is 1.27. The van der Waals surface area contributed by atoms with Gasteiger partial charge in [0.25, 0.3) is 0 Å². The van der Waals surface area contributed by atoms with Crippen LogP contribution in [0.2, 0.25) is 0 Å². The predicted octanol–water partition coefficient (Wildman–Crippen LogP) is 4.40. The van der Waals surface area contributed by atoms with E-state index < -0.39 is 10.0 Å². The zero-order valence-corrected chi connectivity index (χ0v) is 17.7. The maximum atomic E-state index is 12.5. The fraction of sp³-hybridized carbons (Fsp3) is 0.417. The van der Waals surface area contributed by atoms with Gasteiger partial charge in [0.05, 0.1) is 5.25 Å². The number of nitrogens with zero attached hydrogens (tertiary/aromatic N) is 2. The van der Waals surface area contributed by atoms with E-state index in [1.807, 2.05) is 0 Å². The molecule has 29 heavy (non-hydrogen) atoms. The van der Waals surface area contributed by atoms with Crippen LogP contribution in [-0.2, 0) is 16.6 Å². The van der Waals surface area contributed by atoms with E-state index in [0.29, 0.717) is 19.1 Å². The summed E-state index contributed by atoms with van der Waals surface area (Å²) in [6.07, 6.45) is 7.93. The minimum atomic E-state index is -3.03. The molecule has 2 aromatic carbocycles. The largest absolute Gasteiger partial charge is 0.370 e. The van der Waals surface area contributed by atoms with Crippen LogP contribution >= 0.6 is 0 Å². The van der Waals surface area contributed by atoms with Crippen LogP contribution in [0.5, 0.6) is 0 Å². The lowest BCUT2D eigenvalue weighted by molar-refractivity contribution is 0.182. The molecule has 5 rings (SSSR count). The second kappa shape index (κ2) is 7.29. The molecular formula is C24H28N2O2S. The molecule has 0 atom stereocenters. The molecule has 5 heteroatoms. The van der Waals surface area contributed by atoms with Crippen LogP contribution in [0.3, 0.4) is 0 Å². The van der Waals surface area contributed by atoms with Crippen molar-refractivity contribution in [3.8, 4) is 11.1 Å². The van der Waals surface area contributed by atoms with Crippen LogP contribution in [0.15, 0.2) is 48.7 Å². The molecule has 0 N–H and O–H groups in total. The lowest BCUT2D eigenvalue weighted by Gasteiger charge is -2.39. The molecule has 1 saturated carbocycles. The van der Waals surface area contributed by atoms with E-state index in [1.165, 1.54) is 27.8 Å². The third-order valence-corrected chi connectivity index (χ3v) is 8.89. The van der Waals surface area contributed by atoms with E-state index in [2.05, 4.69) is 66.6 Å². The summed E-state index contributed by atoms with van der Waals surface area (Å²) in [5, 5.41) is -0.0941. The molecule has 0 amide bonds. The van der Waals surface area contributed by atoms with Gasteiger partial charge in [-0.15, -0.1) is 0 Å². The maximum absolute atomic E-state index is 12.5. The van der Waals surface area contributed by atoms with Crippen molar-refractivity contribution >= 4 is 16.1 Å². The molecule has 2 heterocycles. The number of hydrogen-bond acceptors (Lipinski definition) is 3. The van der Waals surface area contributed by atoms with Crippen LogP contribution in [0, 0.1) is 6.92 Å². The van der Waals surface area contributed by atoms with E-state index in [4.69, 9.17) is 0 Å². The molecular weight excluding hydrogens is 380 g/mol. The highest BCUT2D eigenvalue weighted by Gasteiger charge is 2.41. The predicted molar refractivity (Wildman–Crippen MR) is 118 cm³/mol. The molecule has 3 aliphatic rings. The van der Waals surface area contributed by atoms with Gasteiger partial charge >= 0.3 is 0 Å². The van der Waals surface area contributed by atoms with Crippen LogP contribution in [0.25, 0.3) is 17.2 Å². The van der Waals surface area contributed by atoms with Crippen LogP contribution in [-0.4, -0.2) is 42.0 Å². The fourth-order valence-electron chi connectivity index (χ4n) is 4.58. The van der Waals surface area contributed by atoms with Crippen molar-refractivity contribution in [1.29, 1.82) is 0 Å². The molecule has 0 spiro atoms. The molecule has 2 aliphatic heterocycles. The van der Waals surface area contributed by atoms with E-state index in [9.17, 15) is 8.42 Å². The normalized spacial score (nSPS) is 20.7. The van der Waals surface area contributed by atoms with Gasteiger partial charge in [-0.25, -0.2) is 12.7 Å². The Morgan fingerprint density at radius 1 is 0.931 bits per heavy atom. The van der Waals surface area contributed by atoms with Gasteiger partial charge in [0.1, 0.15) is 0 Å². The highest BCUT2D eigenvalue weighted by atomic mass is 32.2. The molecule has 0 bridgehead atoms. The molecule has 2 fully saturated rings. The van der Waals surface area contributed by atoms with Gasteiger partial charge < -0.3 is 4.90 Å². The molecule has 152 valence electrons. The zero-order valence-electron chi connectivity index (χ0n) is 16.9. The molecule has 0 aromatic heterocycles. The molecule has 2 aromatic rings. The number of aryl methyl sites for hydroxylation is 1. The first kappa shape index (κ1) is 18.9. The Kier molecular flexibility index (Phi) is 4.75. The number of piperidine rings is 1. The van der Waals surface area contributed by atoms with E-state index in [0.717, 1.165) is 32.2 Å². The lowest BCUT2D eigenvalue weighted by Crippen LogP contribution is -2.46. The second-order valence-corrected chi connectivity index (χ2v) is 10.9. The second-order valence-electron chi connectivity index (χ2n) is 8.65. The summed E-state index contributed by atoms with van der Waals surface area (Å²) in [4.78, 5) is 2.40. The van der Waals surface area contributed by atoms with Gasteiger partial charge in [-0.1, -0.05) is 42.0 Å². The summed E-state index contributed by atoms with van der Waals surface area (Å²) in [6.45, 7) is 4.35. The Morgan fingerprint density at radius 3 is 2.41 bits per heavy atom. The fourth-order valence-corrected chi connectivity index (χ4v) is 6.45. The summed E-state index contributed by atoms with van der Waals surface area (Å²) < 4.78 is 26.7. The maximum Gasteiger partial charge on any atom is 0.216 e. The SMILES string of the molecule is Cc1cccc(-c2ccc3c(c2)C=CN(C2CCN(S(=O)(=O)C4CC4)CC2)C3)c1. The highest BCUT2D eigenvalue weighted by molar-refractivity contribution is 7.90. The van der Waals surface area contributed by atoms with Gasteiger partial charge in [0.15, 0.2) is 0 Å². The van der Waals surface area contributed by atoms with Crippen molar-refractivity contribution in [2.75, 3.05) is 13.1 Å². The molecule has 1 saturated heterocycles. The van der Waals surface area contributed by atoms with E-state index >= 15 is 0 Å². The van der Waals surface area contributed by atoms with Gasteiger partial charge in [0, 0.05) is 31.9 Å². The van der Waals surface area contributed by atoms with Crippen molar-refractivity contribution in [2.24, 2.45) is 0 Å². The Bertz CT molecular complexity index is 1050. The molecule has 0 radical (unpaired) electrons. The van der Waals surface area contributed by atoms with Crippen molar-refractivity contribution in [3.63, 3.8) is 0 Å². The number of rotatable bonds is 4. The number of fused-ring (bicyclic) bond motifs is 1. The number of benzene rings is 2. The lowest BCUT2D eigenvalue weighted by atomic mass is 9.95. The third-order valence-electron chi connectivity index (χ3n) is 6.49. The van der Waals surface area contributed by atoms with Gasteiger partial charge in [-0.3, -0.25) is 0 Å². The van der Waals surface area contributed by atoms with E-state index in [-0.39, 0.29) is 5.25 Å². The van der Waals surface area contributed by atoms with E-state index in [1.54, 1.807) is 4.31 Å². The van der Waals surface area contributed by atoms with Crippen molar-refractivity contribution < 1.29 is 8.42 Å². The average molecular weight is 409 g/mol. The summed E-state index contributed by atoms with van der Waals surface area (Å²) in [6, 6.07) is 15.8. The topological polar surface area (TPSA) is 40.6 Å². The van der Waals surface area contributed by atoms with Gasteiger partial charge in [-0.2, -0.15) is 0 Å². The summed E-state index contributed by atoms with van der Waals surface area (Å²) in [5.74, 6) is 0. The van der Waals surface area contributed by atoms with Crippen LogP contribution in [0.4, 0.5) is 0 Å². The minimum Gasteiger partial charge on any atom is -0.370 e. The Hall–Kier alpha value is -2.11. The van der Waals surface area contributed by atoms with Crippen molar-refractivity contribution in [1.82, 2.24) is 9.21 Å². The highest BCUT2D eigenvalue weighted by Crippen LogP contribution is 2.34. The first-order valence-electron chi connectivity index (χ1n) is 10.6. The van der Waals surface area contributed by atoms with Crippen molar-refractivity contribution in [3.05, 3.63) is 65.4 Å². The zero-order chi connectivity index (χ0) is 20.0. The smallest absolute Gasteiger partial charge is 0.216 e. The summed E-state index contributed by atoms with van der Waals surface area (Å²) >= 11 is 0. The first-order valence-corrected chi connectivity index (χ1v) is 12.1. The standard InChI is InChI=1S/C24H28N2O2S/c1-18-3-2-4-19(15-18)20-5-6-22-17-25(12-9-21(22)16-20)23-10-13-26(14-11-23)29(27,28)24-7-8-24/h2-6,9,12,15-16,23-24H,7-8,10-11,13-14,17H2,1H3. The van der Waals surface area contributed by atoms with Crippen molar-refractivity contribution in [2.45, 2.75) is 50.4 Å². The number of sulfonamides is 1. The minimum absolute atomic E-state index is 0.0941. The van der Waals surface area contributed by atoms with Gasteiger partial charge in [0.2, 0.25) is 10.0 Å².